The second kappa shape index (κ2) is 4.84. The first kappa shape index (κ1) is 13.3. The molecular weight excluding hydrogens is 310 g/mol. The molecule has 0 saturated heterocycles. The van der Waals surface area contributed by atoms with Crippen LogP contribution in [0.2, 0.25) is 0 Å². The summed E-state index contributed by atoms with van der Waals surface area (Å²) in [5, 5.41) is 0. The molecular formula is C18H24BrN. The third kappa shape index (κ3) is 2.07. The molecule has 1 aromatic carbocycles. The van der Waals surface area contributed by atoms with Crippen molar-refractivity contribution in [1.82, 2.24) is 0 Å². The minimum atomic E-state index is 0.525. The molecule has 1 unspecified atom stereocenters. The Balaban J connectivity index is 1.68. The third-order valence-corrected chi connectivity index (χ3v) is 6.86. The van der Waals surface area contributed by atoms with Gasteiger partial charge < -0.3 is 5.73 Å². The lowest BCUT2D eigenvalue weighted by Crippen LogP contribution is -2.50. The summed E-state index contributed by atoms with van der Waals surface area (Å²) in [6.07, 6.45) is 8.86. The van der Waals surface area contributed by atoms with Gasteiger partial charge in [0.1, 0.15) is 0 Å². The monoisotopic (exact) mass is 333 g/mol. The maximum Gasteiger partial charge on any atom is 0.0175 e. The quantitative estimate of drug-likeness (QED) is 0.851. The van der Waals surface area contributed by atoms with Crippen molar-refractivity contribution in [2.24, 2.45) is 28.9 Å². The van der Waals surface area contributed by atoms with Crippen LogP contribution in [0.1, 0.15) is 50.0 Å². The molecule has 1 nitrogen and oxygen atoms in total. The van der Waals surface area contributed by atoms with Gasteiger partial charge in [-0.1, -0.05) is 28.1 Å². The van der Waals surface area contributed by atoms with Crippen molar-refractivity contribution in [2.45, 2.75) is 44.4 Å². The summed E-state index contributed by atoms with van der Waals surface area (Å²) in [5.74, 6) is 3.59. The summed E-state index contributed by atoms with van der Waals surface area (Å²) in [6.45, 7) is 0.813. The Morgan fingerprint density at radius 2 is 1.50 bits per heavy atom. The molecule has 0 aromatic heterocycles. The van der Waals surface area contributed by atoms with Crippen LogP contribution in [-0.4, -0.2) is 6.54 Å². The Bertz CT molecular complexity index is 457. The fourth-order valence-corrected chi connectivity index (χ4v) is 6.30. The normalized spacial score (nSPS) is 40.0. The second-order valence-electron chi connectivity index (χ2n) is 7.62. The second-order valence-corrected chi connectivity index (χ2v) is 8.54. The van der Waals surface area contributed by atoms with Crippen LogP contribution >= 0.6 is 15.9 Å². The SMILES string of the molecule is NCC(c1ccc(Br)cc1)C12CC3CC(CC(C3)C1)C2. The topological polar surface area (TPSA) is 26.0 Å². The zero-order chi connectivity index (χ0) is 13.7. The van der Waals surface area contributed by atoms with Crippen molar-refractivity contribution >= 4 is 15.9 Å². The molecule has 4 saturated carbocycles. The molecule has 2 N–H and O–H groups in total. The van der Waals surface area contributed by atoms with Gasteiger partial charge in [0.05, 0.1) is 0 Å². The van der Waals surface area contributed by atoms with E-state index in [-0.39, 0.29) is 0 Å². The van der Waals surface area contributed by atoms with Crippen molar-refractivity contribution in [3.63, 3.8) is 0 Å². The number of rotatable bonds is 3. The van der Waals surface area contributed by atoms with E-state index in [2.05, 4.69) is 40.2 Å². The maximum absolute atomic E-state index is 6.25. The number of benzene rings is 1. The third-order valence-electron chi connectivity index (χ3n) is 6.33. The van der Waals surface area contributed by atoms with Crippen LogP contribution in [0.15, 0.2) is 28.7 Å². The van der Waals surface area contributed by atoms with Gasteiger partial charge in [-0.3, -0.25) is 0 Å². The summed E-state index contributed by atoms with van der Waals surface area (Å²) in [4.78, 5) is 0. The molecule has 4 bridgehead atoms. The van der Waals surface area contributed by atoms with Gasteiger partial charge in [0.15, 0.2) is 0 Å². The van der Waals surface area contributed by atoms with Gasteiger partial charge in [-0.25, -0.2) is 0 Å². The molecule has 0 spiro atoms. The van der Waals surface area contributed by atoms with Crippen molar-refractivity contribution in [1.29, 1.82) is 0 Å². The van der Waals surface area contributed by atoms with E-state index < -0.39 is 0 Å². The van der Waals surface area contributed by atoms with E-state index in [0.29, 0.717) is 11.3 Å². The molecule has 0 heterocycles. The Morgan fingerprint density at radius 1 is 1.00 bits per heavy atom. The molecule has 4 aliphatic rings. The Labute approximate surface area is 130 Å². The van der Waals surface area contributed by atoms with E-state index in [0.717, 1.165) is 24.3 Å². The first-order chi connectivity index (χ1) is 9.68. The highest BCUT2D eigenvalue weighted by atomic mass is 79.9. The van der Waals surface area contributed by atoms with Crippen LogP contribution < -0.4 is 5.73 Å². The van der Waals surface area contributed by atoms with Crippen LogP contribution in [0.5, 0.6) is 0 Å². The Hall–Kier alpha value is -0.340. The molecule has 1 aromatic rings. The number of nitrogens with two attached hydrogens (primary N) is 1. The van der Waals surface area contributed by atoms with Gasteiger partial charge in [0.2, 0.25) is 0 Å². The molecule has 0 aliphatic heterocycles. The summed E-state index contributed by atoms with van der Waals surface area (Å²) >= 11 is 3.55. The lowest BCUT2D eigenvalue weighted by Gasteiger charge is -2.59. The average molecular weight is 334 g/mol. The zero-order valence-electron chi connectivity index (χ0n) is 12.0. The first-order valence-electron chi connectivity index (χ1n) is 8.14. The highest BCUT2D eigenvalue weighted by Gasteiger charge is 2.53. The predicted molar refractivity (Wildman–Crippen MR) is 86.5 cm³/mol. The van der Waals surface area contributed by atoms with E-state index in [1.54, 1.807) is 0 Å². The van der Waals surface area contributed by atoms with Crippen LogP contribution in [-0.2, 0) is 0 Å². The van der Waals surface area contributed by atoms with Gasteiger partial charge in [-0.15, -0.1) is 0 Å². The van der Waals surface area contributed by atoms with Crippen LogP contribution in [0, 0.1) is 23.2 Å². The molecule has 1 atom stereocenters. The standard InChI is InChI=1S/C18H24BrN/c19-16-3-1-15(2-4-16)17(11-20)18-8-12-5-13(9-18)7-14(6-12)10-18/h1-4,12-14,17H,5-11,20H2. The summed E-state index contributed by atoms with van der Waals surface area (Å²) in [6, 6.07) is 8.94. The molecule has 20 heavy (non-hydrogen) atoms. The molecule has 0 amide bonds. The van der Waals surface area contributed by atoms with E-state index in [9.17, 15) is 0 Å². The van der Waals surface area contributed by atoms with Crippen molar-refractivity contribution in [3.8, 4) is 0 Å². The van der Waals surface area contributed by atoms with E-state index in [1.807, 2.05) is 0 Å². The number of hydrogen-bond acceptors (Lipinski definition) is 1. The van der Waals surface area contributed by atoms with Crippen molar-refractivity contribution < 1.29 is 0 Å². The van der Waals surface area contributed by atoms with Gasteiger partial charge in [0.25, 0.3) is 0 Å². The molecule has 4 aliphatic carbocycles. The van der Waals surface area contributed by atoms with Gasteiger partial charge >= 0.3 is 0 Å². The van der Waals surface area contributed by atoms with Gasteiger partial charge in [-0.05, 0) is 85.9 Å². The average Bonchev–Trinajstić information content (AvgIpc) is 2.40. The Morgan fingerprint density at radius 3 is 1.95 bits per heavy atom. The minimum Gasteiger partial charge on any atom is -0.330 e. The molecule has 5 rings (SSSR count). The highest BCUT2D eigenvalue weighted by Crippen LogP contribution is 2.64. The minimum absolute atomic E-state index is 0.525. The molecule has 4 fully saturated rings. The van der Waals surface area contributed by atoms with Gasteiger partial charge in [-0.2, -0.15) is 0 Å². The molecule has 2 heteroatoms. The lowest BCUT2D eigenvalue weighted by atomic mass is 9.46. The molecule has 108 valence electrons. The van der Waals surface area contributed by atoms with E-state index in [1.165, 1.54) is 48.6 Å². The summed E-state index contributed by atoms with van der Waals surface area (Å²) < 4.78 is 1.17. The largest absolute Gasteiger partial charge is 0.330 e. The maximum atomic E-state index is 6.25. The van der Waals surface area contributed by atoms with Crippen molar-refractivity contribution in [3.05, 3.63) is 34.3 Å². The summed E-state index contributed by atoms with van der Waals surface area (Å²) in [5.41, 5.74) is 8.25. The van der Waals surface area contributed by atoms with Crippen LogP contribution in [0.3, 0.4) is 0 Å². The fourth-order valence-electron chi connectivity index (χ4n) is 6.04. The zero-order valence-corrected chi connectivity index (χ0v) is 13.6. The van der Waals surface area contributed by atoms with Crippen molar-refractivity contribution in [2.75, 3.05) is 6.54 Å². The number of halogens is 1. The summed E-state index contributed by atoms with van der Waals surface area (Å²) in [7, 11) is 0. The predicted octanol–water partition coefficient (Wildman–Crippen LogP) is 4.71. The van der Waals surface area contributed by atoms with Crippen LogP contribution in [0.4, 0.5) is 0 Å². The van der Waals surface area contributed by atoms with Gasteiger partial charge in [0, 0.05) is 10.4 Å². The smallest absolute Gasteiger partial charge is 0.0175 e. The van der Waals surface area contributed by atoms with Crippen LogP contribution in [0.25, 0.3) is 0 Å². The van der Waals surface area contributed by atoms with E-state index in [4.69, 9.17) is 5.73 Å². The molecule has 0 radical (unpaired) electrons. The first-order valence-corrected chi connectivity index (χ1v) is 8.93. The van der Waals surface area contributed by atoms with E-state index >= 15 is 0 Å². The Kier molecular flexibility index (Phi) is 3.23. The lowest BCUT2D eigenvalue weighted by molar-refractivity contribution is -0.0671. The number of hydrogen-bond donors (Lipinski definition) is 1. The highest BCUT2D eigenvalue weighted by molar-refractivity contribution is 9.10. The fraction of sp³-hybridized carbons (Fsp3) is 0.667.